The minimum atomic E-state index is -0.0444. The molecule has 0 heterocycles. The van der Waals surface area contributed by atoms with Crippen LogP contribution in [0.15, 0.2) is 42.5 Å². The third-order valence-corrected chi connectivity index (χ3v) is 4.25. The maximum absolute atomic E-state index is 12.9. The number of nitrogens with zero attached hydrogens (tertiary/aromatic N) is 1. The second-order valence-corrected chi connectivity index (χ2v) is 6.03. The summed E-state index contributed by atoms with van der Waals surface area (Å²) in [6.07, 6.45) is 0. The molecule has 2 aromatic carbocycles. The normalized spacial score (nSPS) is 11.7. The molecule has 0 spiro atoms. The van der Waals surface area contributed by atoms with Gasteiger partial charge < -0.3 is 14.4 Å². The number of benzene rings is 2. The molecule has 1 unspecified atom stereocenters. The maximum Gasteiger partial charge on any atom is 0.254 e. The molecule has 0 N–H and O–H groups in total. The molecule has 1 amide bonds. The van der Waals surface area contributed by atoms with Crippen LogP contribution in [0.5, 0.6) is 11.5 Å². The minimum absolute atomic E-state index is 0.0183. The van der Waals surface area contributed by atoms with Gasteiger partial charge >= 0.3 is 0 Å². The highest BCUT2D eigenvalue weighted by Gasteiger charge is 2.20. The number of aryl methyl sites for hydroxylation is 1. The predicted octanol–water partition coefficient (Wildman–Crippen LogP) is 4.63. The number of carbonyl (C=O) groups is 1. The van der Waals surface area contributed by atoms with Crippen molar-refractivity contribution in [2.24, 2.45) is 0 Å². The largest absolute Gasteiger partial charge is 0.490 e. The molecule has 2 aromatic rings. The van der Waals surface area contributed by atoms with E-state index in [1.165, 1.54) is 5.56 Å². The van der Waals surface area contributed by atoms with Crippen LogP contribution < -0.4 is 9.47 Å². The Morgan fingerprint density at radius 2 is 1.60 bits per heavy atom. The summed E-state index contributed by atoms with van der Waals surface area (Å²) in [5, 5.41) is 0. The van der Waals surface area contributed by atoms with Gasteiger partial charge in [0.2, 0.25) is 0 Å². The quantitative estimate of drug-likeness (QED) is 0.737. The molecule has 1 atom stereocenters. The van der Waals surface area contributed by atoms with Crippen LogP contribution in [0.25, 0.3) is 0 Å². The number of carbonyl (C=O) groups excluding carboxylic acids is 1. The van der Waals surface area contributed by atoms with E-state index in [0.29, 0.717) is 30.3 Å². The molecule has 0 aliphatic rings. The maximum atomic E-state index is 12.9. The van der Waals surface area contributed by atoms with Gasteiger partial charge in [-0.1, -0.05) is 29.8 Å². The van der Waals surface area contributed by atoms with Crippen molar-refractivity contribution in [2.45, 2.75) is 33.7 Å². The number of rotatable bonds is 7. The van der Waals surface area contributed by atoms with Crippen LogP contribution in [-0.2, 0) is 0 Å². The first kappa shape index (κ1) is 18.8. The number of amides is 1. The molecule has 2 rings (SSSR count). The number of ether oxygens (including phenoxy) is 2. The van der Waals surface area contributed by atoms with E-state index in [2.05, 4.69) is 31.2 Å². The SMILES string of the molecule is CCOc1ccc(C(=O)N(C)C(C)c2ccc(C)cc2)cc1OCC. The summed E-state index contributed by atoms with van der Waals surface area (Å²) in [6, 6.07) is 13.6. The van der Waals surface area contributed by atoms with E-state index in [0.717, 1.165) is 5.56 Å². The Hall–Kier alpha value is -2.49. The summed E-state index contributed by atoms with van der Waals surface area (Å²) in [6.45, 7) is 8.99. The van der Waals surface area contributed by atoms with Crippen molar-refractivity contribution in [3.63, 3.8) is 0 Å². The van der Waals surface area contributed by atoms with Crippen molar-refractivity contribution in [1.82, 2.24) is 4.90 Å². The highest BCUT2D eigenvalue weighted by atomic mass is 16.5. The van der Waals surface area contributed by atoms with Gasteiger partial charge in [-0.25, -0.2) is 0 Å². The Kier molecular flexibility index (Phi) is 6.45. The average molecular weight is 341 g/mol. The molecule has 0 radical (unpaired) electrons. The van der Waals surface area contributed by atoms with Crippen LogP contribution in [0.1, 0.15) is 48.3 Å². The summed E-state index contributed by atoms with van der Waals surface area (Å²) < 4.78 is 11.2. The molecule has 0 aliphatic carbocycles. The van der Waals surface area contributed by atoms with Crippen molar-refractivity contribution < 1.29 is 14.3 Å². The highest BCUT2D eigenvalue weighted by molar-refractivity contribution is 5.95. The van der Waals surface area contributed by atoms with Gasteiger partial charge in [0.1, 0.15) is 0 Å². The molecule has 4 heteroatoms. The Labute approximate surface area is 150 Å². The summed E-state index contributed by atoms with van der Waals surface area (Å²) >= 11 is 0. The van der Waals surface area contributed by atoms with E-state index < -0.39 is 0 Å². The third-order valence-electron chi connectivity index (χ3n) is 4.25. The molecule has 134 valence electrons. The Morgan fingerprint density at radius 1 is 1.00 bits per heavy atom. The fourth-order valence-electron chi connectivity index (χ4n) is 2.63. The van der Waals surface area contributed by atoms with E-state index in [1.54, 1.807) is 23.1 Å². The van der Waals surface area contributed by atoms with Gasteiger partial charge in [0.25, 0.3) is 5.91 Å². The smallest absolute Gasteiger partial charge is 0.254 e. The van der Waals surface area contributed by atoms with Crippen LogP contribution in [0.2, 0.25) is 0 Å². The van der Waals surface area contributed by atoms with Gasteiger partial charge in [-0.2, -0.15) is 0 Å². The summed E-state index contributed by atoms with van der Waals surface area (Å²) in [4.78, 5) is 14.6. The van der Waals surface area contributed by atoms with Gasteiger partial charge in [-0.15, -0.1) is 0 Å². The van der Waals surface area contributed by atoms with Gasteiger partial charge in [-0.05, 0) is 51.5 Å². The molecular weight excluding hydrogens is 314 g/mol. The van der Waals surface area contributed by atoms with E-state index in [9.17, 15) is 4.79 Å². The van der Waals surface area contributed by atoms with Crippen LogP contribution in [-0.4, -0.2) is 31.1 Å². The Morgan fingerprint density at radius 3 is 2.20 bits per heavy atom. The van der Waals surface area contributed by atoms with E-state index in [4.69, 9.17) is 9.47 Å². The molecule has 25 heavy (non-hydrogen) atoms. The molecule has 0 saturated heterocycles. The molecule has 0 aromatic heterocycles. The molecule has 0 aliphatic heterocycles. The first-order valence-electron chi connectivity index (χ1n) is 8.71. The first-order chi connectivity index (χ1) is 12.0. The van der Waals surface area contributed by atoms with Crippen LogP contribution in [0, 0.1) is 6.92 Å². The van der Waals surface area contributed by atoms with Gasteiger partial charge in [0.05, 0.1) is 19.3 Å². The molecule has 4 nitrogen and oxygen atoms in total. The van der Waals surface area contributed by atoms with E-state index in [-0.39, 0.29) is 11.9 Å². The van der Waals surface area contributed by atoms with E-state index >= 15 is 0 Å². The lowest BCUT2D eigenvalue weighted by atomic mass is 10.0. The average Bonchev–Trinajstić information content (AvgIpc) is 2.62. The fourth-order valence-corrected chi connectivity index (χ4v) is 2.63. The third kappa shape index (κ3) is 4.53. The summed E-state index contributed by atoms with van der Waals surface area (Å²) in [5.41, 5.74) is 2.91. The zero-order valence-corrected chi connectivity index (χ0v) is 15.7. The van der Waals surface area contributed by atoms with Crippen LogP contribution in [0.3, 0.4) is 0 Å². The topological polar surface area (TPSA) is 38.8 Å². The van der Waals surface area contributed by atoms with E-state index in [1.807, 2.05) is 27.8 Å². The lowest BCUT2D eigenvalue weighted by Gasteiger charge is -2.26. The Bertz CT molecular complexity index is 710. The van der Waals surface area contributed by atoms with Gasteiger partial charge in [-0.3, -0.25) is 4.79 Å². The zero-order valence-electron chi connectivity index (χ0n) is 15.7. The fraction of sp³-hybridized carbons (Fsp3) is 0.381. The summed E-state index contributed by atoms with van der Waals surface area (Å²) in [7, 11) is 1.82. The second kappa shape index (κ2) is 8.56. The lowest BCUT2D eigenvalue weighted by Crippen LogP contribution is -2.29. The van der Waals surface area contributed by atoms with Crippen molar-refractivity contribution in [2.75, 3.05) is 20.3 Å². The van der Waals surface area contributed by atoms with Crippen molar-refractivity contribution in [3.05, 3.63) is 59.2 Å². The second-order valence-electron chi connectivity index (χ2n) is 6.03. The molecule has 0 saturated carbocycles. The molecular formula is C21H27NO3. The van der Waals surface area contributed by atoms with Gasteiger partial charge in [0.15, 0.2) is 11.5 Å². The number of hydrogen-bond donors (Lipinski definition) is 0. The van der Waals surface area contributed by atoms with Crippen LogP contribution >= 0.6 is 0 Å². The van der Waals surface area contributed by atoms with Crippen molar-refractivity contribution >= 4 is 5.91 Å². The standard InChI is InChI=1S/C21H27NO3/c1-6-24-19-13-12-18(14-20(19)25-7-2)21(23)22(5)16(4)17-10-8-15(3)9-11-17/h8-14,16H,6-7H2,1-5H3. The highest BCUT2D eigenvalue weighted by Crippen LogP contribution is 2.30. The number of hydrogen-bond acceptors (Lipinski definition) is 3. The van der Waals surface area contributed by atoms with Gasteiger partial charge in [0, 0.05) is 12.6 Å². The monoisotopic (exact) mass is 341 g/mol. The first-order valence-corrected chi connectivity index (χ1v) is 8.71. The molecule has 0 bridgehead atoms. The van der Waals surface area contributed by atoms with Crippen LogP contribution in [0.4, 0.5) is 0 Å². The minimum Gasteiger partial charge on any atom is -0.490 e. The zero-order chi connectivity index (χ0) is 18.4. The Balaban J connectivity index is 2.23. The summed E-state index contributed by atoms with van der Waals surface area (Å²) in [5.74, 6) is 1.22. The molecule has 0 fully saturated rings. The van der Waals surface area contributed by atoms with Crippen molar-refractivity contribution in [1.29, 1.82) is 0 Å². The predicted molar refractivity (Wildman–Crippen MR) is 100 cm³/mol. The lowest BCUT2D eigenvalue weighted by molar-refractivity contribution is 0.0742. The van der Waals surface area contributed by atoms with Crippen molar-refractivity contribution in [3.8, 4) is 11.5 Å².